The van der Waals surface area contributed by atoms with Gasteiger partial charge >= 0.3 is 33.6 Å². The van der Waals surface area contributed by atoms with Crippen molar-refractivity contribution in [2.24, 2.45) is 0 Å². The highest BCUT2D eigenvalue weighted by molar-refractivity contribution is 7.47. The molecule has 0 aromatic heterocycles. The molecule has 5 unspecified atom stereocenters. The van der Waals surface area contributed by atoms with Gasteiger partial charge in [-0.25, -0.2) is 9.13 Å². The number of esters is 3. The third kappa shape index (κ3) is 77.1. The minimum absolute atomic E-state index is 0.0109. The summed E-state index contributed by atoms with van der Waals surface area (Å²) in [7, 11) is -9.84. The molecule has 0 amide bonds. The van der Waals surface area contributed by atoms with Crippen molar-refractivity contribution >= 4 is 33.6 Å². The summed E-state index contributed by atoms with van der Waals surface area (Å²) >= 11 is 0. The van der Waals surface area contributed by atoms with Gasteiger partial charge in [0, 0.05) is 19.3 Å². The van der Waals surface area contributed by atoms with Crippen LogP contribution in [0.4, 0.5) is 0 Å². The van der Waals surface area contributed by atoms with E-state index < -0.39 is 91.5 Å². The molecule has 0 aromatic rings. The molecule has 0 aliphatic heterocycles. The zero-order chi connectivity index (χ0) is 75.2. The van der Waals surface area contributed by atoms with Gasteiger partial charge in [-0.15, -0.1) is 0 Å². The molecule has 0 spiro atoms. The molecule has 0 fully saturated rings. The van der Waals surface area contributed by atoms with Gasteiger partial charge in [0.05, 0.1) is 26.4 Å². The zero-order valence-corrected chi connectivity index (χ0v) is 64.9. The molecule has 0 saturated heterocycles. The number of hydrogen-bond acceptors (Lipinski definition) is 14. The predicted molar refractivity (Wildman–Crippen MR) is 426 cm³/mol. The second-order valence-corrected chi connectivity index (χ2v) is 27.6. The number of carbonyl (C=O) groups is 3. The van der Waals surface area contributed by atoms with Crippen LogP contribution >= 0.6 is 15.6 Å². The maximum absolute atomic E-state index is 13.0. The third-order valence-electron chi connectivity index (χ3n) is 15.0. The van der Waals surface area contributed by atoms with Gasteiger partial charge in [0.25, 0.3) is 0 Å². The molecule has 0 aliphatic rings. The first-order valence-corrected chi connectivity index (χ1v) is 41.4. The zero-order valence-electron chi connectivity index (χ0n) is 63.1. The first-order valence-electron chi connectivity index (χ1n) is 38.4. The molecule has 0 heterocycles. The fourth-order valence-corrected chi connectivity index (χ4v) is 10.8. The van der Waals surface area contributed by atoms with Crippen LogP contribution in [0.3, 0.4) is 0 Å². The Morgan fingerprint density at radius 1 is 0.272 bits per heavy atom. The van der Waals surface area contributed by atoms with E-state index >= 15 is 0 Å². The molecule has 0 rings (SSSR count). The standard InChI is InChI=1S/C85H134O16P2/c1-4-7-10-13-16-19-22-25-28-31-33-35-37-38-39-40-42-44-45-48-50-53-56-59-62-65-68-71-83(88)95-74-80(86)75-97-102(91,92)98-76-81(87)77-99-103(93,94)100-79-82(101-85(90)73-70-67-64-61-58-55-52-47-30-27-24-21-18-15-12-9-6-3)78-96-84(89)72-69-66-63-60-57-54-51-49-46-43-41-36-34-32-29-26-23-20-17-14-11-8-5-2/h7-12,16-21,25-30,33-36,38-39,42-44,46,51-52,54-55,61,64,80-82,86-87H,4-6,13-15,22-24,31-32,37,40-41,45,47-50,53,56-60,62-63,65-79H2,1-3H3,(H,91,92)(H,93,94)/b10-7-,11-8-,12-9-,19-16-,20-17-,21-18-,28-25-,29-26-,30-27-,35-33-,36-34-,39-38-,44-42-,46-43-,54-51-,55-52-,64-61-. The first-order chi connectivity index (χ1) is 50.2. The molecule has 4 N–H and O–H groups in total. The van der Waals surface area contributed by atoms with E-state index in [1.165, 1.54) is 19.3 Å². The Kier molecular flexibility index (Phi) is 71.5. The Bertz CT molecular complexity index is 2700. The van der Waals surface area contributed by atoms with Crippen LogP contribution in [-0.2, 0) is 55.8 Å². The van der Waals surface area contributed by atoms with Gasteiger partial charge in [-0.05, 0) is 161 Å². The van der Waals surface area contributed by atoms with E-state index in [0.717, 1.165) is 167 Å². The van der Waals surface area contributed by atoms with Gasteiger partial charge in [0.1, 0.15) is 25.4 Å². The number of aliphatic hydroxyl groups excluding tert-OH is 2. The Hall–Kier alpha value is -5.87. The first kappa shape index (κ1) is 97.1. The van der Waals surface area contributed by atoms with Crippen molar-refractivity contribution in [3.05, 3.63) is 207 Å². The highest BCUT2D eigenvalue weighted by Gasteiger charge is 2.29. The minimum Gasteiger partial charge on any atom is -0.463 e. The smallest absolute Gasteiger partial charge is 0.463 e. The van der Waals surface area contributed by atoms with Gasteiger partial charge in [-0.2, -0.15) is 0 Å². The maximum Gasteiger partial charge on any atom is 0.472 e. The molecule has 0 bridgehead atoms. The lowest BCUT2D eigenvalue weighted by Gasteiger charge is -2.21. The van der Waals surface area contributed by atoms with Crippen LogP contribution < -0.4 is 0 Å². The van der Waals surface area contributed by atoms with E-state index in [4.69, 9.17) is 32.3 Å². The summed E-state index contributed by atoms with van der Waals surface area (Å²) in [5.41, 5.74) is 0. The lowest BCUT2D eigenvalue weighted by Crippen LogP contribution is -2.30. The lowest BCUT2D eigenvalue weighted by atomic mass is 10.1. The van der Waals surface area contributed by atoms with E-state index in [0.29, 0.717) is 25.7 Å². The fraction of sp³-hybridized carbons (Fsp3) is 0.565. The topological polar surface area (TPSA) is 231 Å². The predicted octanol–water partition coefficient (Wildman–Crippen LogP) is 22.5. The van der Waals surface area contributed by atoms with E-state index in [9.17, 15) is 43.5 Å². The molecule has 16 nitrogen and oxygen atoms in total. The molecule has 103 heavy (non-hydrogen) atoms. The van der Waals surface area contributed by atoms with E-state index in [2.05, 4.69) is 215 Å². The Balaban J connectivity index is 4.72. The summed E-state index contributed by atoms with van der Waals surface area (Å²) < 4.78 is 61.0. The van der Waals surface area contributed by atoms with E-state index in [1.807, 2.05) is 12.2 Å². The van der Waals surface area contributed by atoms with Crippen molar-refractivity contribution in [2.75, 3.05) is 39.6 Å². The minimum atomic E-state index is -4.96. The third-order valence-corrected chi connectivity index (χ3v) is 16.9. The molecule has 18 heteroatoms. The maximum atomic E-state index is 13.0. The number of unbranched alkanes of at least 4 members (excludes halogenated alkanes) is 13. The number of phosphoric acid groups is 2. The number of phosphoric ester groups is 2. The largest absolute Gasteiger partial charge is 0.472 e. The normalized spacial score (nSPS) is 15.1. The van der Waals surface area contributed by atoms with Crippen LogP contribution in [-0.4, -0.2) is 95.9 Å². The molecule has 0 saturated carbocycles. The molecule has 0 aliphatic carbocycles. The molecule has 0 aromatic carbocycles. The average molecular weight is 1470 g/mol. The van der Waals surface area contributed by atoms with Gasteiger partial charge in [0.15, 0.2) is 6.10 Å². The fourth-order valence-electron chi connectivity index (χ4n) is 9.26. The van der Waals surface area contributed by atoms with Crippen molar-refractivity contribution in [1.29, 1.82) is 0 Å². The van der Waals surface area contributed by atoms with Crippen LogP contribution in [0.5, 0.6) is 0 Å². The van der Waals surface area contributed by atoms with Crippen LogP contribution in [0.1, 0.15) is 252 Å². The summed E-state index contributed by atoms with van der Waals surface area (Å²) in [5.74, 6) is -1.70. The van der Waals surface area contributed by atoms with Gasteiger partial charge in [-0.3, -0.25) is 32.5 Å². The quantitative estimate of drug-likeness (QED) is 0.0146. The number of carbonyl (C=O) groups excluding carboxylic acids is 3. The molecule has 0 radical (unpaired) electrons. The highest BCUT2D eigenvalue weighted by atomic mass is 31.2. The number of rotatable bonds is 70. The van der Waals surface area contributed by atoms with Crippen LogP contribution in [0, 0.1) is 0 Å². The molecule has 580 valence electrons. The summed E-state index contributed by atoms with van der Waals surface area (Å²) in [6.07, 6.45) is 100. The summed E-state index contributed by atoms with van der Waals surface area (Å²) in [4.78, 5) is 58.6. The summed E-state index contributed by atoms with van der Waals surface area (Å²) in [6, 6.07) is 0. The summed E-state index contributed by atoms with van der Waals surface area (Å²) in [6.45, 7) is 2.19. The Morgan fingerprint density at radius 3 is 0.796 bits per heavy atom. The molecule has 5 atom stereocenters. The highest BCUT2D eigenvalue weighted by Crippen LogP contribution is 2.45. The van der Waals surface area contributed by atoms with Crippen molar-refractivity contribution < 1.29 is 75.8 Å². The lowest BCUT2D eigenvalue weighted by molar-refractivity contribution is -0.161. The molecular weight excluding hydrogens is 1340 g/mol. The number of allylic oxidation sites excluding steroid dienone is 34. The SMILES string of the molecule is CC/C=C\C/C=C\C/C=C\C/C=C\C/C=C\C/C=C\CCCCCCCCCCC(=O)OCC(O)COP(=O)(O)OCC(O)COP(=O)(O)OCC(COC(=O)CCCCCC/C=C\C/C=C\C/C=C\C/C=C\C/C=C\C/C=C\CC)OC(=O)CCC/C=C\C/C=C\C/C=C\C/C=C\C/C=C\CC. The van der Waals surface area contributed by atoms with Gasteiger partial charge in [0.2, 0.25) is 0 Å². The van der Waals surface area contributed by atoms with Crippen molar-refractivity contribution in [3.8, 4) is 0 Å². The number of aliphatic hydroxyl groups is 2. The molecular formula is C85H134O16P2. The van der Waals surface area contributed by atoms with Crippen molar-refractivity contribution in [1.82, 2.24) is 0 Å². The number of ether oxygens (including phenoxy) is 3. The number of hydrogen-bond donors (Lipinski definition) is 4. The summed E-state index contributed by atoms with van der Waals surface area (Å²) in [5, 5.41) is 20.6. The van der Waals surface area contributed by atoms with Gasteiger partial charge < -0.3 is 34.2 Å². The van der Waals surface area contributed by atoms with Crippen LogP contribution in [0.25, 0.3) is 0 Å². The monoisotopic (exact) mass is 1470 g/mol. The Morgan fingerprint density at radius 2 is 0.495 bits per heavy atom. The average Bonchev–Trinajstić information content (AvgIpc) is 0.929. The van der Waals surface area contributed by atoms with Crippen molar-refractivity contribution in [2.45, 2.75) is 270 Å². The van der Waals surface area contributed by atoms with E-state index in [1.54, 1.807) is 0 Å². The second kappa shape index (κ2) is 75.8. The van der Waals surface area contributed by atoms with Crippen molar-refractivity contribution in [3.63, 3.8) is 0 Å². The van der Waals surface area contributed by atoms with Crippen LogP contribution in [0.2, 0.25) is 0 Å². The second-order valence-electron chi connectivity index (χ2n) is 24.7. The van der Waals surface area contributed by atoms with E-state index in [-0.39, 0.29) is 19.3 Å². The van der Waals surface area contributed by atoms with Gasteiger partial charge in [-0.1, -0.05) is 279 Å². The van der Waals surface area contributed by atoms with Crippen LogP contribution in [0.15, 0.2) is 207 Å². The Labute approximate surface area is 622 Å².